The van der Waals surface area contributed by atoms with Crippen LogP contribution in [-0.2, 0) is 0 Å². The number of phenolic OH excluding ortho intramolecular Hbond substituents is 1. The Hall–Kier alpha value is -2.50. The maximum atomic E-state index is 12.2. The third-order valence-electron chi connectivity index (χ3n) is 3.07. The summed E-state index contributed by atoms with van der Waals surface area (Å²) in [5, 5.41) is 16.5. The number of carbonyl (C=O) groups is 1. The van der Waals surface area contributed by atoms with Gasteiger partial charge >= 0.3 is 0 Å². The number of aromatic nitrogens is 1. The van der Waals surface area contributed by atoms with Gasteiger partial charge in [-0.25, -0.2) is 0 Å². The largest absolute Gasteiger partial charge is 0.508 e. The van der Waals surface area contributed by atoms with Gasteiger partial charge in [0.15, 0.2) is 11.5 Å². The molecule has 5 nitrogen and oxygen atoms in total. The molecule has 0 aliphatic rings. The van der Waals surface area contributed by atoms with Gasteiger partial charge in [0.1, 0.15) is 5.75 Å². The number of rotatable bonds is 3. The molecule has 2 aromatic carbocycles. The van der Waals surface area contributed by atoms with E-state index >= 15 is 0 Å². The molecule has 3 rings (SSSR count). The van der Waals surface area contributed by atoms with Crippen molar-refractivity contribution in [3.8, 4) is 17.1 Å². The Morgan fingerprint density at radius 3 is 2.57 bits per heavy atom. The molecule has 0 aliphatic heterocycles. The summed E-state index contributed by atoms with van der Waals surface area (Å²) in [5.74, 6) is 0.0807. The monoisotopic (exact) mass is 348 g/mol. The van der Waals surface area contributed by atoms with Crippen LogP contribution in [0.25, 0.3) is 11.3 Å². The van der Waals surface area contributed by atoms with Crippen molar-refractivity contribution in [2.75, 3.05) is 5.32 Å². The van der Waals surface area contributed by atoms with Gasteiger partial charge in [0.25, 0.3) is 5.91 Å². The highest BCUT2D eigenvalue weighted by Crippen LogP contribution is 2.27. The van der Waals surface area contributed by atoms with Crippen molar-refractivity contribution < 1.29 is 14.4 Å². The lowest BCUT2D eigenvalue weighted by atomic mass is 10.1. The van der Waals surface area contributed by atoms with E-state index in [1.807, 2.05) is 0 Å². The number of hydrogen-bond donors (Lipinski definition) is 2. The number of nitrogens with one attached hydrogen (secondary N) is 1. The summed E-state index contributed by atoms with van der Waals surface area (Å²) in [4.78, 5) is 12.2. The van der Waals surface area contributed by atoms with E-state index in [0.29, 0.717) is 27.1 Å². The highest BCUT2D eigenvalue weighted by Gasteiger charge is 2.15. The second kappa shape index (κ2) is 6.32. The molecule has 116 valence electrons. The fraction of sp³-hybridized carbons (Fsp3) is 0. The average molecular weight is 349 g/mol. The topological polar surface area (TPSA) is 75.4 Å². The third-order valence-corrected chi connectivity index (χ3v) is 3.64. The lowest BCUT2D eigenvalue weighted by molar-refractivity contribution is 0.101. The van der Waals surface area contributed by atoms with Gasteiger partial charge in [0, 0.05) is 16.7 Å². The molecule has 1 amide bonds. The van der Waals surface area contributed by atoms with E-state index in [2.05, 4.69) is 10.5 Å². The number of benzene rings is 2. The van der Waals surface area contributed by atoms with Gasteiger partial charge in [-0.1, -0.05) is 28.4 Å². The summed E-state index contributed by atoms with van der Waals surface area (Å²) in [6.07, 6.45) is 0. The average Bonchev–Trinajstić information content (AvgIpc) is 3.02. The van der Waals surface area contributed by atoms with Crippen molar-refractivity contribution in [2.24, 2.45) is 0 Å². The van der Waals surface area contributed by atoms with Crippen LogP contribution in [-0.4, -0.2) is 16.2 Å². The Labute approximate surface area is 141 Å². The minimum atomic E-state index is -0.469. The Bertz CT molecular complexity index is 860. The molecule has 0 aliphatic carbocycles. The number of phenols is 1. The van der Waals surface area contributed by atoms with E-state index in [1.54, 1.807) is 30.3 Å². The summed E-state index contributed by atoms with van der Waals surface area (Å²) in [6, 6.07) is 12.6. The summed E-state index contributed by atoms with van der Waals surface area (Å²) >= 11 is 11.9. The van der Waals surface area contributed by atoms with Crippen molar-refractivity contribution in [1.29, 1.82) is 0 Å². The van der Waals surface area contributed by atoms with E-state index in [-0.39, 0.29) is 11.4 Å². The molecule has 1 aromatic heterocycles. The van der Waals surface area contributed by atoms with Crippen LogP contribution < -0.4 is 5.32 Å². The maximum Gasteiger partial charge on any atom is 0.277 e. The lowest BCUT2D eigenvalue weighted by Crippen LogP contribution is -2.12. The van der Waals surface area contributed by atoms with E-state index in [9.17, 15) is 9.90 Å². The highest BCUT2D eigenvalue weighted by molar-refractivity contribution is 6.35. The van der Waals surface area contributed by atoms with Crippen LogP contribution in [0.4, 0.5) is 5.69 Å². The molecule has 0 atom stereocenters. The highest BCUT2D eigenvalue weighted by atomic mass is 35.5. The zero-order valence-electron chi connectivity index (χ0n) is 11.6. The van der Waals surface area contributed by atoms with Gasteiger partial charge in [-0.05, 0) is 42.5 Å². The van der Waals surface area contributed by atoms with Crippen molar-refractivity contribution in [2.45, 2.75) is 0 Å². The lowest BCUT2D eigenvalue weighted by Gasteiger charge is -2.05. The minimum Gasteiger partial charge on any atom is -0.508 e. The quantitative estimate of drug-likeness (QED) is 0.724. The molecule has 23 heavy (non-hydrogen) atoms. The predicted molar refractivity (Wildman–Crippen MR) is 88.0 cm³/mol. The van der Waals surface area contributed by atoms with Gasteiger partial charge in [-0.3, -0.25) is 4.79 Å². The molecule has 1 heterocycles. The standard InChI is InChI=1S/C16H10Cl2N2O3/c17-10-3-6-12(18)13(7-10)19-16(22)14-8-15(23-20-14)9-1-4-11(21)5-2-9/h1-8,21H,(H,19,22). The van der Waals surface area contributed by atoms with Crippen molar-refractivity contribution in [3.63, 3.8) is 0 Å². The molecule has 0 spiro atoms. The first-order valence-electron chi connectivity index (χ1n) is 6.55. The molecule has 0 saturated heterocycles. The number of hydrogen-bond acceptors (Lipinski definition) is 4. The Kier molecular flexibility index (Phi) is 4.23. The SMILES string of the molecule is O=C(Nc1cc(Cl)ccc1Cl)c1cc(-c2ccc(O)cc2)on1. The van der Waals surface area contributed by atoms with Crippen LogP contribution in [0.5, 0.6) is 5.75 Å². The number of carbonyl (C=O) groups excluding carboxylic acids is 1. The van der Waals surface area contributed by atoms with E-state index in [0.717, 1.165) is 0 Å². The molecule has 0 fully saturated rings. The van der Waals surface area contributed by atoms with Crippen LogP contribution in [0.2, 0.25) is 10.0 Å². The molecular weight excluding hydrogens is 339 g/mol. The Morgan fingerprint density at radius 1 is 1.09 bits per heavy atom. The predicted octanol–water partition coefficient (Wildman–Crippen LogP) is 4.61. The Morgan fingerprint density at radius 2 is 1.83 bits per heavy atom. The van der Waals surface area contributed by atoms with Crippen molar-refractivity contribution in [3.05, 3.63) is 64.3 Å². The fourth-order valence-corrected chi connectivity index (χ4v) is 2.26. The second-order valence-electron chi connectivity index (χ2n) is 4.70. The number of amides is 1. The van der Waals surface area contributed by atoms with Gasteiger partial charge in [0.05, 0.1) is 10.7 Å². The number of nitrogens with zero attached hydrogens (tertiary/aromatic N) is 1. The zero-order valence-corrected chi connectivity index (χ0v) is 13.1. The van der Waals surface area contributed by atoms with Crippen LogP contribution in [0.15, 0.2) is 53.1 Å². The number of aromatic hydroxyl groups is 1. The molecule has 0 bridgehead atoms. The first-order chi connectivity index (χ1) is 11.0. The van der Waals surface area contributed by atoms with Gasteiger partial charge in [-0.2, -0.15) is 0 Å². The van der Waals surface area contributed by atoms with Gasteiger partial charge in [-0.15, -0.1) is 0 Å². The zero-order chi connectivity index (χ0) is 16.4. The molecule has 7 heteroatoms. The van der Waals surface area contributed by atoms with Crippen LogP contribution >= 0.6 is 23.2 Å². The Balaban J connectivity index is 1.81. The van der Waals surface area contributed by atoms with E-state index in [1.165, 1.54) is 18.2 Å². The first kappa shape index (κ1) is 15.4. The first-order valence-corrected chi connectivity index (χ1v) is 7.31. The molecule has 3 aromatic rings. The van der Waals surface area contributed by atoms with Crippen LogP contribution in [0, 0.1) is 0 Å². The summed E-state index contributed by atoms with van der Waals surface area (Å²) in [7, 11) is 0. The second-order valence-corrected chi connectivity index (χ2v) is 5.55. The smallest absolute Gasteiger partial charge is 0.277 e. The fourth-order valence-electron chi connectivity index (χ4n) is 1.92. The molecular formula is C16H10Cl2N2O3. The number of anilines is 1. The van der Waals surface area contributed by atoms with Gasteiger partial charge in [0.2, 0.25) is 0 Å². The summed E-state index contributed by atoms with van der Waals surface area (Å²) < 4.78 is 5.15. The van der Waals surface area contributed by atoms with E-state index < -0.39 is 5.91 Å². The van der Waals surface area contributed by atoms with Crippen molar-refractivity contribution >= 4 is 34.8 Å². The van der Waals surface area contributed by atoms with Crippen LogP contribution in [0.1, 0.15) is 10.5 Å². The third kappa shape index (κ3) is 3.47. The molecule has 0 radical (unpaired) electrons. The summed E-state index contributed by atoms with van der Waals surface area (Å²) in [6.45, 7) is 0. The molecule has 2 N–H and O–H groups in total. The molecule has 0 unspecified atom stereocenters. The van der Waals surface area contributed by atoms with Gasteiger partial charge < -0.3 is 14.9 Å². The normalized spacial score (nSPS) is 10.5. The minimum absolute atomic E-state index is 0.101. The molecule has 0 saturated carbocycles. The van der Waals surface area contributed by atoms with Crippen molar-refractivity contribution in [1.82, 2.24) is 5.16 Å². The van der Waals surface area contributed by atoms with E-state index in [4.69, 9.17) is 27.7 Å². The van der Waals surface area contributed by atoms with Crippen LogP contribution in [0.3, 0.4) is 0 Å². The number of halogens is 2. The maximum absolute atomic E-state index is 12.2. The summed E-state index contributed by atoms with van der Waals surface area (Å²) in [5.41, 5.74) is 1.18.